The minimum Gasteiger partial charge on any atom is -0.387 e. The van der Waals surface area contributed by atoms with Gasteiger partial charge in [0.1, 0.15) is 5.69 Å². The third-order valence-electron chi connectivity index (χ3n) is 4.58. The van der Waals surface area contributed by atoms with Gasteiger partial charge in [-0.15, -0.1) is 11.3 Å². The lowest BCUT2D eigenvalue weighted by Gasteiger charge is -2.25. The summed E-state index contributed by atoms with van der Waals surface area (Å²) in [5.41, 5.74) is 1.55. The highest BCUT2D eigenvalue weighted by molar-refractivity contribution is 7.17. The number of carbonyl (C=O) groups excluding carboxylic acids is 1. The number of hydrogen-bond donors (Lipinski definition) is 2. The van der Waals surface area contributed by atoms with E-state index in [2.05, 4.69) is 25.9 Å². The fraction of sp³-hybridized carbons (Fsp3) is 0.467. The van der Waals surface area contributed by atoms with Gasteiger partial charge in [-0.25, -0.2) is 4.98 Å². The summed E-state index contributed by atoms with van der Waals surface area (Å²) < 4.78 is 1.10. The first-order chi connectivity index (χ1) is 10.2. The van der Waals surface area contributed by atoms with Crippen LogP contribution >= 0.6 is 11.3 Å². The first-order valence-electron chi connectivity index (χ1n) is 7.34. The molecular weight excluding hydrogens is 284 g/mol. The number of fused-ring (bicyclic) bond motifs is 3. The van der Waals surface area contributed by atoms with Crippen LogP contribution in [0.25, 0.3) is 10.1 Å². The summed E-state index contributed by atoms with van der Waals surface area (Å²) in [6, 6.07) is 1.88. The van der Waals surface area contributed by atoms with Crippen LogP contribution in [0, 0.1) is 5.92 Å². The molecule has 21 heavy (non-hydrogen) atoms. The van der Waals surface area contributed by atoms with E-state index in [1.807, 2.05) is 13.1 Å². The fourth-order valence-electron chi connectivity index (χ4n) is 3.43. The molecule has 6 heteroatoms. The molecule has 3 unspecified atom stereocenters. The number of pyridine rings is 1. The van der Waals surface area contributed by atoms with Gasteiger partial charge in [-0.1, -0.05) is 0 Å². The van der Waals surface area contributed by atoms with Crippen LogP contribution in [0.15, 0.2) is 17.6 Å². The van der Waals surface area contributed by atoms with Gasteiger partial charge in [0.15, 0.2) is 0 Å². The van der Waals surface area contributed by atoms with Crippen LogP contribution in [-0.2, 0) is 0 Å². The maximum atomic E-state index is 12.4. The Bertz CT molecular complexity index is 698. The molecule has 4 heterocycles. The van der Waals surface area contributed by atoms with Crippen molar-refractivity contribution in [3.05, 3.63) is 23.3 Å². The quantitative estimate of drug-likeness (QED) is 0.912. The highest BCUT2D eigenvalue weighted by Crippen LogP contribution is 2.32. The molecule has 2 aromatic heterocycles. The predicted octanol–water partition coefficient (Wildman–Crippen LogP) is 2.12. The van der Waals surface area contributed by atoms with Crippen LogP contribution in [0.2, 0.25) is 0 Å². The normalized spacial score (nSPS) is 27.2. The molecule has 0 spiro atoms. The summed E-state index contributed by atoms with van der Waals surface area (Å²) in [7, 11) is 1.89. The number of anilines is 1. The lowest BCUT2D eigenvalue weighted by molar-refractivity contribution is 0.0878. The van der Waals surface area contributed by atoms with Crippen molar-refractivity contribution in [2.24, 2.45) is 5.92 Å². The van der Waals surface area contributed by atoms with E-state index < -0.39 is 0 Å². The van der Waals surface area contributed by atoms with Gasteiger partial charge in [0.05, 0.1) is 16.6 Å². The van der Waals surface area contributed by atoms with E-state index in [0.29, 0.717) is 5.69 Å². The van der Waals surface area contributed by atoms with Gasteiger partial charge in [0.2, 0.25) is 0 Å². The third-order valence-corrected chi connectivity index (χ3v) is 5.51. The molecule has 4 rings (SSSR count). The van der Waals surface area contributed by atoms with Gasteiger partial charge in [-0.3, -0.25) is 9.69 Å². The lowest BCUT2D eigenvalue weighted by atomic mass is 10.0. The number of aromatic nitrogens is 1. The molecule has 1 amide bonds. The summed E-state index contributed by atoms with van der Waals surface area (Å²) in [4.78, 5) is 19.1. The summed E-state index contributed by atoms with van der Waals surface area (Å²) in [5.74, 6) is 0.696. The van der Waals surface area contributed by atoms with Gasteiger partial charge in [0.25, 0.3) is 5.91 Å². The molecule has 3 atom stereocenters. The van der Waals surface area contributed by atoms with Crippen molar-refractivity contribution in [1.29, 1.82) is 0 Å². The average Bonchev–Trinajstić information content (AvgIpc) is 3.21. The molecule has 2 bridgehead atoms. The molecule has 2 fully saturated rings. The molecule has 2 aromatic rings. The fourth-order valence-corrected chi connectivity index (χ4v) is 4.33. The minimum absolute atomic E-state index is 0.0669. The van der Waals surface area contributed by atoms with Crippen molar-refractivity contribution in [3.8, 4) is 0 Å². The zero-order valence-corrected chi connectivity index (χ0v) is 12.7. The topological polar surface area (TPSA) is 57.3 Å². The smallest absolute Gasteiger partial charge is 0.271 e. The summed E-state index contributed by atoms with van der Waals surface area (Å²) in [6.07, 6.45) is 4.34. The lowest BCUT2D eigenvalue weighted by Crippen LogP contribution is -2.45. The molecule has 2 saturated heterocycles. The molecule has 0 saturated carbocycles. The molecular formula is C15H18N4OS. The van der Waals surface area contributed by atoms with Gasteiger partial charge in [0, 0.05) is 37.1 Å². The number of carbonyl (C=O) groups is 1. The van der Waals surface area contributed by atoms with Crippen molar-refractivity contribution in [3.63, 3.8) is 0 Å². The number of hydrogen-bond acceptors (Lipinski definition) is 5. The molecule has 0 aromatic carbocycles. The highest BCUT2D eigenvalue weighted by Gasteiger charge is 2.38. The minimum atomic E-state index is -0.0669. The largest absolute Gasteiger partial charge is 0.387 e. The second kappa shape index (κ2) is 4.96. The zero-order valence-electron chi connectivity index (χ0n) is 11.9. The number of nitrogens with zero attached hydrogens (tertiary/aromatic N) is 2. The summed E-state index contributed by atoms with van der Waals surface area (Å²) >= 11 is 1.64. The predicted molar refractivity (Wildman–Crippen MR) is 84.7 cm³/mol. The van der Waals surface area contributed by atoms with Crippen molar-refractivity contribution in [1.82, 2.24) is 15.2 Å². The Hall–Kier alpha value is -1.66. The van der Waals surface area contributed by atoms with E-state index in [-0.39, 0.29) is 12.1 Å². The second-order valence-electron chi connectivity index (χ2n) is 5.84. The maximum Gasteiger partial charge on any atom is 0.271 e. The van der Waals surface area contributed by atoms with Crippen LogP contribution in [0.4, 0.5) is 5.69 Å². The highest BCUT2D eigenvalue weighted by atomic mass is 32.1. The van der Waals surface area contributed by atoms with Crippen LogP contribution in [0.1, 0.15) is 23.3 Å². The molecule has 5 nitrogen and oxygen atoms in total. The summed E-state index contributed by atoms with van der Waals surface area (Å²) in [5, 5.41) is 9.40. The van der Waals surface area contributed by atoms with Crippen molar-refractivity contribution in [2.75, 3.05) is 25.5 Å². The first kappa shape index (κ1) is 13.0. The van der Waals surface area contributed by atoms with E-state index in [9.17, 15) is 4.79 Å². The third kappa shape index (κ3) is 2.18. The SMILES string of the molecule is CNc1csc2cnc(C(=O)NC3CC4CCN3C4)cc12. The number of piperidine rings is 1. The number of amides is 1. The van der Waals surface area contributed by atoms with E-state index in [0.717, 1.165) is 41.2 Å². The van der Waals surface area contributed by atoms with Crippen LogP contribution in [-0.4, -0.2) is 42.1 Å². The van der Waals surface area contributed by atoms with E-state index in [1.54, 1.807) is 17.5 Å². The number of rotatable bonds is 3. The molecule has 0 aliphatic carbocycles. The van der Waals surface area contributed by atoms with Gasteiger partial charge in [-0.2, -0.15) is 0 Å². The van der Waals surface area contributed by atoms with Crippen LogP contribution in [0.5, 0.6) is 0 Å². The molecule has 2 aliphatic rings. The van der Waals surface area contributed by atoms with Gasteiger partial charge >= 0.3 is 0 Å². The molecule has 2 N–H and O–H groups in total. The standard InChI is InChI=1S/C15H18N4OS/c1-16-12-8-21-13-6-17-11(5-10(12)13)15(20)18-14-4-9-2-3-19(14)7-9/h5-6,8-9,14,16H,2-4,7H2,1H3,(H,18,20). The van der Waals surface area contributed by atoms with E-state index in [1.165, 1.54) is 6.42 Å². The Morgan fingerprint density at radius 3 is 3.14 bits per heavy atom. The van der Waals surface area contributed by atoms with Crippen molar-refractivity contribution in [2.45, 2.75) is 19.0 Å². The van der Waals surface area contributed by atoms with Gasteiger partial charge in [-0.05, 0) is 24.8 Å². The van der Waals surface area contributed by atoms with E-state index in [4.69, 9.17) is 0 Å². The number of nitrogens with one attached hydrogen (secondary N) is 2. The Kier molecular flexibility index (Phi) is 3.08. The van der Waals surface area contributed by atoms with Crippen molar-refractivity contribution < 1.29 is 4.79 Å². The van der Waals surface area contributed by atoms with E-state index >= 15 is 0 Å². The Morgan fingerprint density at radius 2 is 2.43 bits per heavy atom. The zero-order chi connectivity index (χ0) is 14.4. The number of thiophene rings is 1. The Morgan fingerprint density at radius 1 is 1.52 bits per heavy atom. The van der Waals surface area contributed by atoms with Crippen molar-refractivity contribution >= 4 is 33.0 Å². The maximum absolute atomic E-state index is 12.4. The Labute approximate surface area is 127 Å². The first-order valence-corrected chi connectivity index (χ1v) is 8.22. The Balaban J connectivity index is 1.56. The molecule has 110 valence electrons. The second-order valence-corrected chi connectivity index (χ2v) is 6.75. The molecule has 2 aliphatic heterocycles. The molecule has 0 radical (unpaired) electrons. The summed E-state index contributed by atoms with van der Waals surface area (Å²) in [6.45, 7) is 2.24. The van der Waals surface area contributed by atoms with Crippen LogP contribution < -0.4 is 10.6 Å². The van der Waals surface area contributed by atoms with Crippen LogP contribution in [0.3, 0.4) is 0 Å². The monoisotopic (exact) mass is 302 g/mol. The van der Waals surface area contributed by atoms with Gasteiger partial charge < -0.3 is 10.6 Å². The average molecular weight is 302 g/mol.